The van der Waals surface area contributed by atoms with Crippen LogP contribution >= 0.6 is 12.4 Å². The molecule has 0 fully saturated rings. The zero-order chi connectivity index (χ0) is 17.2. The van der Waals surface area contributed by atoms with Gasteiger partial charge in [-0.1, -0.05) is 60.7 Å². The van der Waals surface area contributed by atoms with Crippen LogP contribution in [0.2, 0.25) is 0 Å². The molecule has 136 valence electrons. The minimum atomic E-state index is -0.263. The predicted octanol–water partition coefficient (Wildman–Crippen LogP) is 3.78. The van der Waals surface area contributed by atoms with E-state index >= 15 is 0 Å². The lowest BCUT2D eigenvalue weighted by Gasteiger charge is -2.14. The molecule has 2 aromatic carbocycles. The molecule has 0 aliphatic carbocycles. The van der Waals surface area contributed by atoms with Gasteiger partial charge in [0.25, 0.3) is 0 Å². The van der Waals surface area contributed by atoms with Crippen LogP contribution in [-0.2, 0) is 9.53 Å². The van der Waals surface area contributed by atoms with E-state index in [0.29, 0.717) is 19.6 Å². The van der Waals surface area contributed by atoms with E-state index in [1.807, 2.05) is 55.5 Å². The summed E-state index contributed by atoms with van der Waals surface area (Å²) in [6.45, 7) is 3.25. The maximum atomic E-state index is 11.9. The Labute approximate surface area is 156 Å². The summed E-state index contributed by atoms with van der Waals surface area (Å²) in [5, 5.41) is 2.90. The molecule has 0 aromatic heterocycles. The number of benzene rings is 2. The SMILES string of the molecule is CC(OCCCNC(=O)CC(N)c1ccccc1)c1ccccc1.Cl. The molecule has 2 rings (SSSR count). The minimum absolute atomic E-state index is 0. The minimum Gasteiger partial charge on any atom is -0.374 e. The summed E-state index contributed by atoms with van der Waals surface area (Å²) in [5.41, 5.74) is 8.19. The molecular formula is C20H27ClN2O2. The normalized spacial score (nSPS) is 12.7. The molecule has 0 spiro atoms. The Morgan fingerprint density at radius 2 is 1.60 bits per heavy atom. The summed E-state index contributed by atoms with van der Waals surface area (Å²) in [7, 11) is 0. The maximum absolute atomic E-state index is 11.9. The molecule has 1 amide bonds. The Kier molecular flexibility index (Phi) is 9.85. The van der Waals surface area contributed by atoms with Gasteiger partial charge in [0, 0.05) is 25.6 Å². The highest BCUT2D eigenvalue weighted by Gasteiger charge is 2.11. The average molecular weight is 363 g/mol. The third-order valence-electron chi connectivity index (χ3n) is 3.91. The molecule has 0 saturated carbocycles. The van der Waals surface area contributed by atoms with Crippen LogP contribution in [0.4, 0.5) is 0 Å². The third kappa shape index (κ3) is 7.69. The molecule has 5 heteroatoms. The van der Waals surface area contributed by atoms with Crippen LogP contribution in [0.1, 0.15) is 43.0 Å². The first-order valence-electron chi connectivity index (χ1n) is 8.40. The maximum Gasteiger partial charge on any atom is 0.221 e. The summed E-state index contributed by atoms with van der Waals surface area (Å²) in [6.07, 6.45) is 1.14. The van der Waals surface area contributed by atoms with Gasteiger partial charge in [-0.2, -0.15) is 0 Å². The van der Waals surface area contributed by atoms with Crippen LogP contribution < -0.4 is 11.1 Å². The number of carbonyl (C=O) groups excluding carboxylic acids is 1. The van der Waals surface area contributed by atoms with E-state index < -0.39 is 0 Å². The van der Waals surface area contributed by atoms with Crippen LogP contribution in [0.3, 0.4) is 0 Å². The molecule has 25 heavy (non-hydrogen) atoms. The molecule has 0 bridgehead atoms. The van der Waals surface area contributed by atoms with Crippen molar-refractivity contribution in [2.75, 3.05) is 13.2 Å². The van der Waals surface area contributed by atoms with Crippen molar-refractivity contribution in [3.63, 3.8) is 0 Å². The Hall–Kier alpha value is -1.88. The Morgan fingerprint density at radius 3 is 2.20 bits per heavy atom. The highest BCUT2D eigenvalue weighted by Crippen LogP contribution is 2.16. The second-order valence-electron chi connectivity index (χ2n) is 5.85. The number of ether oxygens (including phenoxy) is 1. The third-order valence-corrected chi connectivity index (χ3v) is 3.91. The highest BCUT2D eigenvalue weighted by atomic mass is 35.5. The zero-order valence-corrected chi connectivity index (χ0v) is 15.4. The molecule has 0 aliphatic heterocycles. The first kappa shape index (κ1) is 21.2. The summed E-state index contributed by atoms with van der Waals surface area (Å²) < 4.78 is 5.78. The van der Waals surface area contributed by atoms with E-state index in [4.69, 9.17) is 10.5 Å². The average Bonchev–Trinajstić information content (AvgIpc) is 2.62. The summed E-state index contributed by atoms with van der Waals surface area (Å²) >= 11 is 0. The van der Waals surface area contributed by atoms with Crippen LogP contribution in [-0.4, -0.2) is 19.1 Å². The van der Waals surface area contributed by atoms with E-state index in [-0.39, 0.29) is 30.5 Å². The molecule has 2 atom stereocenters. The smallest absolute Gasteiger partial charge is 0.221 e. The van der Waals surface area contributed by atoms with Gasteiger partial charge in [0.15, 0.2) is 0 Å². The van der Waals surface area contributed by atoms with Gasteiger partial charge in [0.05, 0.1) is 6.10 Å². The van der Waals surface area contributed by atoms with E-state index in [9.17, 15) is 4.79 Å². The fourth-order valence-corrected chi connectivity index (χ4v) is 2.47. The quantitative estimate of drug-likeness (QED) is 0.667. The lowest BCUT2D eigenvalue weighted by Crippen LogP contribution is -2.28. The molecule has 0 heterocycles. The van der Waals surface area contributed by atoms with Gasteiger partial charge in [-0.25, -0.2) is 0 Å². The number of amides is 1. The first-order valence-corrected chi connectivity index (χ1v) is 8.40. The topological polar surface area (TPSA) is 64.3 Å². The van der Waals surface area contributed by atoms with Crippen LogP contribution in [0.15, 0.2) is 60.7 Å². The van der Waals surface area contributed by atoms with Crippen LogP contribution in [0.5, 0.6) is 0 Å². The summed E-state index contributed by atoms with van der Waals surface area (Å²) in [4.78, 5) is 11.9. The number of hydrogen-bond acceptors (Lipinski definition) is 3. The number of rotatable bonds is 9. The predicted molar refractivity (Wildman–Crippen MR) is 104 cm³/mol. The number of nitrogens with one attached hydrogen (secondary N) is 1. The van der Waals surface area contributed by atoms with Gasteiger partial charge in [-0.3, -0.25) is 4.79 Å². The molecule has 4 nitrogen and oxygen atoms in total. The molecule has 3 N–H and O–H groups in total. The van der Waals surface area contributed by atoms with Crippen LogP contribution in [0, 0.1) is 0 Å². The second-order valence-corrected chi connectivity index (χ2v) is 5.85. The largest absolute Gasteiger partial charge is 0.374 e. The monoisotopic (exact) mass is 362 g/mol. The van der Waals surface area contributed by atoms with Crippen molar-refractivity contribution in [1.29, 1.82) is 0 Å². The van der Waals surface area contributed by atoms with Crippen molar-refractivity contribution >= 4 is 18.3 Å². The van der Waals surface area contributed by atoms with Gasteiger partial charge < -0.3 is 15.8 Å². The summed E-state index contributed by atoms with van der Waals surface area (Å²) in [5.74, 6) is -0.0255. The van der Waals surface area contributed by atoms with E-state index in [1.54, 1.807) is 0 Å². The molecular weight excluding hydrogens is 336 g/mol. The Bertz CT molecular complexity index is 608. The lowest BCUT2D eigenvalue weighted by atomic mass is 10.0. The van der Waals surface area contributed by atoms with Gasteiger partial charge in [0.2, 0.25) is 5.91 Å². The van der Waals surface area contributed by atoms with Crippen LogP contribution in [0.25, 0.3) is 0 Å². The molecule has 2 aromatic rings. The number of hydrogen-bond donors (Lipinski definition) is 2. The van der Waals surface area contributed by atoms with Crippen molar-refractivity contribution in [1.82, 2.24) is 5.32 Å². The van der Waals surface area contributed by atoms with Crippen molar-refractivity contribution in [2.24, 2.45) is 5.73 Å². The van der Waals surface area contributed by atoms with Crippen molar-refractivity contribution in [3.05, 3.63) is 71.8 Å². The molecule has 2 unspecified atom stereocenters. The van der Waals surface area contributed by atoms with Crippen molar-refractivity contribution in [2.45, 2.75) is 31.9 Å². The number of halogens is 1. The lowest BCUT2D eigenvalue weighted by molar-refractivity contribution is -0.121. The zero-order valence-electron chi connectivity index (χ0n) is 14.6. The number of carbonyl (C=O) groups is 1. The van der Waals surface area contributed by atoms with E-state index in [2.05, 4.69) is 17.4 Å². The summed E-state index contributed by atoms with van der Waals surface area (Å²) in [6, 6.07) is 19.5. The van der Waals surface area contributed by atoms with Crippen molar-refractivity contribution in [3.8, 4) is 0 Å². The standard InChI is InChI=1S/C20H26N2O2.ClH/c1-16(17-9-4-2-5-10-17)24-14-8-13-22-20(23)15-19(21)18-11-6-3-7-12-18;/h2-7,9-12,16,19H,8,13-15,21H2,1H3,(H,22,23);1H. The Morgan fingerprint density at radius 1 is 1.04 bits per heavy atom. The van der Waals surface area contributed by atoms with Gasteiger partial charge in [0.1, 0.15) is 0 Å². The molecule has 0 radical (unpaired) electrons. The molecule has 0 aliphatic rings. The second kappa shape index (κ2) is 11.6. The first-order chi connectivity index (χ1) is 11.7. The van der Waals surface area contributed by atoms with Crippen molar-refractivity contribution < 1.29 is 9.53 Å². The van der Waals surface area contributed by atoms with E-state index in [0.717, 1.165) is 17.5 Å². The fraction of sp³-hybridized carbons (Fsp3) is 0.350. The number of nitrogens with two attached hydrogens (primary N) is 1. The van der Waals surface area contributed by atoms with Gasteiger partial charge in [-0.15, -0.1) is 12.4 Å². The Balaban J connectivity index is 0.00000312. The van der Waals surface area contributed by atoms with E-state index in [1.165, 1.54) is 0 Å². The van der Waals surface area contributed by atoms with Gasteiger partial charge in [-0.05, 0) is 24.5 Å². The van der Waals surface area contributed by atoms with Gasteiger partial charge >= 0.3 is 0 Å². The molecule has 0 saturated heterocycles. The highest BCUT2D eigenvalue weighted by molar-refractivity contribution is 5.85. The fourth-order valence-electron chi connectivity index (χ4n) is 2.47.